The van der Waals surface area contributed by atoms with Gasteiger partial charge in [0.25, 0.3) is 0 Å². The smallest absolute Gasteiger partial charge is 0.399 e. The van der Waals surface area contributed by atoms with Crippen molar-refractivity contribution in [1.29, 1.82) is 0 Å². The van der Waals surface area contributed by atoms with Crippen LogP contribution in [0.2, 0.25) is 5.02 Å². The number of benzene rings is 1. The second kappa shape index (κ2) is 6.36. The number of halogens is 1. The van der Waals surface area contributed by atoms with E-state index in [9.17, 15) is 8.42 Å². The summed E-state index contributed by atoms with van der Waals surface area (Å²) in [5.74, 6) is -0.179. The third kappa shape index (κ3) is 4.19. The van der Waals surface area contributed by atoms with E-state index in [1.165, 1.54) is 30.6 Å². The SMILES string of the molecule is Nc1cccc(S(=O)(=O)[N-]c2ncc(Cl)cn2)c1.[Ag+]. The fourth-order valence-corrected chi connectivity index (χ4v) is 2.24. The number of nitrogens with two attached hydrogens (primary N) is 1. The van der Waals surface area contributed by atoms with E-state index in [0.717, 1.165) is 0 Å². The Labute approximate surface area is 131 Å². The molecule has 0 bridgehead atoms. The predicted molar refractivity (Wildman–Crippen MR) is 68.1 cm³/mol. The summed E-state index contributed by atoms with van der Waals surface area (Å²) in [6, 6.07) is 5.82. The first-order valence-corrected chi connectivity index (χ1v) is 6.60. The van der Waals surface area contributed by atoms with Gasteiger partial charge in [0.2, 0.25) is 10.0 Å². The molecule has 19 heavy (non-hydrogen) atoms. The van der Waals surface area contributed by atoms with Crippen LogP contribution in [-0.2, 0) is 32.4 Å². The van der Waals surface area contributed by atoms with Crippen molar-refractivity contribution in [2.45, 2.75) is 4.90 Å². The Bertz CT molecular complexity index is 663. The van der Waals surface area contributed by atoms with Gasteiger partial charge in [0.15, 0.2) is 0 Å². The Morgan fingerprint density at radius 2 is 1.84 bits per heavy atom. The first kappa shape index (κ1) is 15.9. The van der Waals surface area contributed by atoms with Gasteiger partial charge in [-0.15, -0.1) is 0 Å². The van der Waals surface area contributed by atoms with E-state index >= 15 is 0 Å². The zero-order valence-electron chi connectivity index (χ0n) is 9.29. The van der Waals surface area contributed by atoms with Gasteiger partial charge in [-0.1, -0.05) is 17.7 Å². The minimum atomic E-state index is -3.87. The van der Waals surface area contributed by atoms with Gasteiger partial charge < -0.3 is 15.7 Å². The third-order valence-electron chi connectivity index (χ3n) is 1.96. The molecular formula is C10H8AgClN4O2S. The van der Waals surface area contributed by atoms with Crippen LogP contribution >= 0.6 is 11.6 Å². The van der Waals surface area contributed by atoms with Gasteiger partial charge >= 0.3 is 22.4 Å². The summed E-state index contributed by atoms with van der Waals surface area (Å²) in [7, 11) is -3.87. The molecule has 1 heterocycles. The fourth-order valence-electron chi connectivity index (χ4n) is 1.19. The zero-order chi connectivity index (χ0) is 13.2. The first-order valence-electron chi connectivity index (χ1n) is 4.78. The minimum absolute atomic E-state index is 0. The summed E-state index contributed by atoms with van der Waals surface area (Å²) in [6.07, 6.45) is 2.53. The molecule has 0 aliphatic rings. The van der Waals surface area contributed by atoms with Gasteiger partial charge in [-0.3, -0.25) is 4.72 Å². The second-order valence-corrected chi connectivity index (χ2v) is 5.38. The summed E-state index contributed by atoms with van der Waals surface area (Å²) in [5.41, 5.74) is 5.85. The van der Waals surface area contributed by atoms with Gasteiger partial charge in [-0.2, -0.15) is 0 Å². The van der Waals surface area contributed by atoms with Gasteiger partial charge in [-0.05, 0) is 30.6 Å². The molecule has 104 valence electrons. The number of sulfonamides is 1. The molecule has 0 atom stereocenters. The third-order valence-corrected chi connectivity index (χ3v) is 3.41. The summed E-state index contributed by atoms with van der Waals surface area (Å²) >= 11 is 5.59. The number of hydrogen-bond acceptors (Lipinski definition) is 5. The summed E-state index contributed by atoms with van der Waals surface area (Å²) in [6.45, 7) is 0. The van der Waals surface area contributed by atoms with Crippen molar-refractivity contribution < 1.29 is 30.8 Å². The van der Waals surface area contributed by atoms with E-state index in [1.54, 1.807) is 6.07 Å². The number of hydrogen-bond donors (Lipinski definition) is 1. The van der Waals surface area contributed by atoms with Crippen molar-refractivity contribution in [3.8, 4) is 0 Å². The molecule has 0 saturated carbocycles. The molecule has 0 unspecified atom stereocenters. The van der Waals surface area contributed by atoms with Crippen LogP contribution in [0.25, 0.3) is 4.72 Å². The standard InChI is InChI=1S/C10H8ClN4O2S.Ag/c11-7-5-13-10(14-6-7)15-18(16,17)9-3-1-2-8(12)4-9;/h1-6H,12H2;/q-1;+1. The molecule has 6 nitrogen and oxygen atoms in total. The maximum Gasteiger partial charge on any atom is 1.00 e. The first-order chi connectivity index (χ1) is 8.47. The van der Waals surface area contributed by atoms with E-state index in [4.69, 9.17) is 17.3 Å². The van der Waals surface area contributed by atoms with Gasteiger partial charge in [0.05, 0.1) is 4.90 Å². The number of aromatic nitrogens is 2. The van der Waals surface area contributed by atoms with E-state index in [0.29, 0.717) is 10.7 Å². The number of nitrogen functional groups attached to an aromatic ring is 1. The molecule has 0 radical (unpaired) electrons. The van der Waals surface area contributed by atoms with Crippen molar-refractivity contribution in [1.82, 2.24) is 9.97 Å². The second-order valence-electron chi connectivity index (χ2n) is 3.34. The Morgan fingerprint density at radius 1 is 1.21 bits per heavy atom. The maximum atomic E-state index is 11.9. The fraction of sp³-hybridized carbons (Fsp3) is 0. The zero-order valence-corrected chi connectivity index (χ0v) is 12.3. The molecule has 1 aromatic carbocycles. The van der Waals surface area contributed by atoms with E-state index in [2.05, 4.69) is 14.7 Å². The van der Waals surface area contributed by atoms with Crippen molar-refractivity contribution >= 4 is 33.3 Å². The monoisotopic (exact) mass is 390 g/mol. The van der Waals surface area contributed by atoms with Gasteiger partial charge in [0, 0.05) is 16.7 Å². The molecule has 0 saturated heterocycles. The van der Waals surface area contributed by atoms with Gasteiger partial charge in [-0.25, -0.2) is 8.42 Å². The van der Waals surface area contributed by atoms with E-state index < -0.39 is 10.0 Å². The average Bonchev–Trinajstić information content (AvgIpc) is 2.32. The van der Waals surface area contributed by atoms with Crippen molar-refractivity contribution in [2.75, 3.05) is 5.73 Å². The quantitative estimate of drug-likeness (QED) is 0.638. The Morgan fingerprint density at radius 3 is 2.42 bits per heavy atom. The molecule has 9 heteroatoms. The van der Waals surface area contributed by atoms with Crippen molar-refractivity contribution in [3.63, 3.8) is 0 Å². The summed E-state index contributed by atoms with van der Waals surface area (Å²) in [4.78, 5) is 7.37. The molecule has 2 aromatic rings. The van der Waals surface area contributed by atoms with Crippen LogP contribution in [-0.4, -0.2) is 18.4 Å². The molecule has 0 spiro atoms. The van der Waals surface area contributed by atoms with Gasteiger partial charge in [0.1, 0.15) is 0 Å². The normalized spacial score (nSPS) is 10.6. The van der Waals surface area contributed by atoms with Crippen LogP contribution in [0.1, 0.15) is 0 Å². The number of nitrogens with zero attached hydrogens (tertiary/aromatic N) is 3. The van der Waals surface area contributed by atoms with Crippen LogP contribution in [0.4, 0.5) is 11.6 Å². The maximum absolute atomic E-state index is 11.9. The number of anilines is 1. The largest absolute Gasteiger partial charge is 1.00 e. The van der Waals surface area contributed by atoms with Crippen LogP contribution in [0, 0.1) is 0 Å². The molecule has 0 fully saturated rings. The van der Waals surface area contributed by atoms with Crippen molar-refractivity contribution in [2.24, 2.45) is 0 Å². The van der Waals surface area contributed by atoms with Crippen LogP contribution in [0.5, 0.6) is 0 Å². The minimum Gasteiger partial charge on any atom is -0.399 e. The molecular weight excluding hydrogens is 384 g/mol. The van der Waals surface area contributed by atoms with Crippen LogP contribution in [0.15, 0.2) is 41.6 Å². The Hall–Kier alpha value is -1.12. The predicted octanol–water partition coefficient (Wildman–Crippen LogP) is 2.10. The van der Waals surface area contributed by atoms with Crippen LogP contribution in [0.3, 0.4) is 0 Å². The van der Waals surface area contributed by atoms with E-state index in [1.807, 2.05) is 0 Å². The van der Waals surface area contributed by atoms with E-state index in [-0.39, 0.29) is 33.2 Å². The summed E-state index contributed by atoms with van der Waals surface area (Å²) < 4.78 is 27.3. The molecule has 2 N–H and O–H groups in total. The molecule has 0 aliphatic carbocycles. The number of rotatable bonds is 3. The molecule has 0 aliphatic heterocycles. The van der Waals surface area contributed by atoms with Crippen molar-refractivity contribution in [3.05, 3.63) is 46.4 Å². The Kier molecular flexibility index (Phi) is 5.33. The van der Waals surface area contributed by atoms with Crippen LogP contribution < -0.4 is 5.73 Å². The average molecular weight is 392 g/mol. The molecule has 0 amide bonds. The summed E-state index contributed by atoms with van der Waals surface area (Å²) in [5, 5.41) is 0.301. The molecule has 1 aromatic heterocycles. The Balaban J connectivity index is 0.00000180. The molecule has 2 rings (SSSR count). The topological polar surface area (TPSA) is 100 Å².